The van der Waals surface area contributed by atoms with E-state index in [1.165, 1.54) is 0 Å². The lowest BCUT2D eigenvalue weighted by Gasteiger charge is -2.06. The molecule has 0 saturated carbocycles. The molecule has 0 fully saturated rings. The van der Waals surface area contributed by atoms with Crippen molar-refractivity contribution in [2.45, 2.75) is 12.8 Å². The Labute approximate surface area is 83.8 Å². The van der Waals surface area contributed by atoms with E-state index in [4.69, 9.17) is 0 Å². The summed E-state index contributed by atoms with van der Waals surface area (Å²) in [5.41, 5.74) is 2.02. The van der Waals surface area contributed by atoms with E-state index < -0.39 is 0 Å². The Balaban J connectivity index is 2.27. The molecular formula is C13H12O. The SMILES string of the molecule is O=C1C=CCC/C1=C/c1ccccc1. The Morgan fingerprint density at radius 1 is 1.14 bits per heavy atom. The molecule has 0 saturated heterocycles. The molecule has 0 N–H and O–H groups in total. The van der Waals surface area contributed by atoms with Gasteiger partial charge in [-0.05, 0) is 30.6 Å². The van der Waals surface area contributed by atoms with E-state index >= 15 is 0 Å². The standard InChI is InChI=1S/C13H12O/c14-13-9-5-4-8-12(13)10-11-6-2-1-3-7-11/h1-3,5-7,9-10H,4,8H2/b12-10-. The first-order valence-electron chi connectivity index (χ1n) is 4.83. The summed E-state index contributed by atoms with van der Waals surface area (Å²) in [5, 5.41) is 0. The quantitative estimate of drug-likeness (QED) is 0.613. The van der Waals surface area contributed by atoms with Gasteiger partial charge >= 0.3 is 0 Å². The van der Waals surface area contributed by atoms with Gasteiger partial charge in [-0.15, -0.1) is 0 Å². The first-order valence-corrected chi connectivity index (χ1v) is 4.83. The maximum Gasteiger partial charge on any atom is 0.181 e. The third-order valence-corrected chi connectivity index (χ3v) is 2.31. The monoisotopic (exact) mass is 184 g/mol. The van der Waals surface area contributed by atoms with Crippen LogP contribution in [0.2, 0.25) is 0 Å². The van der Waals surface area contributed by atoms with Gasteiger partial charge in [-0.3, -0.25) is 4.79 Å². The minimum atomic E-state index is 0.153. The van der Waals surface area contributed by atoms with Gasteiger partial charge in [0, 0.05) is 5.57 Å². The molecule has 0 heterocycles. The van der Waals surface area contributed by atoms with E-state index in [1.807, 2.05) is 42.5 Å². The van der Waals surface area contributed by atoms with Gasteiger partial charge in [0.05, 0.1) is 0 Å². The van der Waals surface area contributed by atoms with Crippen molar-refractivity contribution in [2.75, 3.05) is 0 Å². The summed E-state index contributed by atoms with van der Waals surface area (Å²) in [5.74, 6) is 0.153. The molecule has 1 aromatic carbocycles. The molecule has 0 bridgehead atoms. The molecule has 0 spiro atoms. The zero-order chi connectivity index (χ0) is 9.80. The fourth-order valence-corrected chi connectivity index (χ4v) is 1.55. The zero-order valence-corrected chi connectivity index (χ0v) is 7.94. The second kappa shape index (κ2) is 4.05. The van der Waals surface area contributed by atoms with E-state index in [0.717, 1.165) is 24.0 Å². The van der Waals surface area contributed by atoms with Crippen molar-refractivity contribution >= 4 is 11.9 Å². The second-order valence-electron chi connectivity index (χ2n) is 3.39. The molecule has 1 nitrogen and oxygen atoms in total. The summed E-state index contributed by atoms with van der Waals surface area (Å²) in [6, 6.07) is 9.97. The predicted octanol–water partition coefficient (Wildman–Crippen LogP) is 2.99. The van der Waals surface area contributed by atoms with Crippen LogP contribution in [0.3, 0.4) is 0 Å². The highest BCUT2D eigenvalue weighted by atomic mass is 16.1. The number of benzene rings is 1. The van der Waals surface area contributed by atoms with Gasteiger partial charge in [0.15, 0.2) is 5.78 Å². The fourth-order valence-electron chi connectivity index (χ4n) is 1.55. The lowest BCUT2D eigenvalue weighted by Crippen LogP contribution is -2.02. The molecule has 1 heteroatoms. The van der Waals surface area contributed by atoms with E-state index in [1.54, 1.807) is 6.08 Å². The highest BCUT2D eigenvalue weighted by Crippen LogP contribution is 2.17. The van der Waals surface area contributed by atoms with Crippen LogP contribution >= 0.6 is 0 Å². The summed E-state index contributed by atoms with van der Waals surface area (Å²) >= 11 is 0. The maximum absolute atomic E-state index is 11.4. The Morgan fingerprint density at radius 3 is 2.64 bits per heavy atom. The summed E-state index contributed by atoms with van der Waals surface area (Å²) in [6.07, 6.45) is 7.42. The Hall–Kier alpha value is -1.63. The summed E-state index contributed by atoms with van der Waals surface area (Å²) in [4.78, 5) is 11.4. The minimum Gasteiger partial charge on any atom is -0.290 e. The molecule has 1 aromatic rings. The van der Waals surface area contributed by atoms with Crippen LogP contribution in [0.25, 0.3) is 6.08 Å². The molecule has 0 radical (unpaired) electrons. The number of rotatable bonds is 1. The molecule has 1 aliphatic rings. The van der Waals surface area contributed by atoms with E-state index in [9.17, 15) is 4.79 Å². The average molecular weight is 184 g/mol. The lowest BCUT2D eigenvalue weighted by atomic mass is 9.97. The molecule has 0 atom stereocenters. The Morgan fingerprint density at radius 2 is 1.93 bits per heavy atom. The molecule has 1 aliphatic carbocycles. The fraction of sp³-hybridized carbons (Fsp3) is 0.154. The van der Waals surface area contributed by atoms with Gasteiger partial charge in [-0.2, -0.15) is 0 Å². The van der Waals surface area contributed by atoms with Crippen LogP contribution in [0.4, 0.5) is 0 Å². The van der Waals surface area contributed by atoms with Crippen LogP contribution in [0, 0.1) is 0 Å². The van der Waals surface area contributed by atoms with Crippen LogP contribution in [0.5, 0.6) is 0 Å². The normalized spacial score (nSPS) is 18.9. The molecule has 0 amide bonds. The van der Waals surface area contributed by atoms with Crippen molar-refractivity contribution in [1.82, 2.24) is 0 Å². The number of carbonyl (C=O) groups excluding carboxylic acids is 1. The Bertz CT molecular complexity index is 385. The highest BCUT2D eigenvalue weighted by Gasteiger charge is 2.08. The van der Waals surface area contributed by atoms with E-state index in [-0.39, 0.29) is 5.78 Å². The minimum absolute atomic E-state index is 0.153. The first kappa shape index (κ1) is 8.95. The van der Waals surface area contributed by atoms with Crippen LogP contribution in [-0.2, 0) is 4.79 Å². The molecule has 0 aromatic heterocycles. The molecule has 70 valence electrons. The van der Waals surface area contributed by atoms with Crippen LogP contribution in [0.15, 0.2) is 48.1 Å². The lowest BCUT2D eigenvalue weighted by molar-refractivity contribution is -0.111. The molecule has 2 rings (SSSR count). The number of ketones is 1. The molecule has 0 aliphatic heterocycles. The smallest absolute Gasteiger partial charge is 0.181 e. The van der Waals surface area contributed by atoms with E-state index in [2.05, 4.69) is 0 Å². The summed E-state index contributed by atoms with van der Waals surface area (Å²) < 4.78 is 0. The number of hydrogen-bond acceptors (Lipinski definition) is 1. The van der Waals surface area contributed by atoms with Gasteiger partial charge in [0.25, 0.3) is 0 Å². The zero-order valence-electron chi connectivity index (χ0n) is 7.94. The van der Waals surface area contributed by atoms with Gasteiger partial charge in [0.1, 0.15) is 0 Å². The van der Waals surface area contributed by atoms with Crippen molar-refractivity contribution in [3.8, 4) is 0 Å². The van der Waals surface area contributed by atoms with Crippen molar-refractivity contribution in [1.29, 1.82) is 0 Å². The molecule has 14 heavy (non-hydrogen) atoms. The summed E-state index contributed by atoms with van der Waals surface area (Å²) in [6.45, 7) is 0. The Kier molecular flexibility index (Phi) is 2.59. The van der Waals surface area contributed by atoms with E-state index in [0.29, 0.717) is 0 Å². The third-order valence-electron chi connectivity index (χ3n) is 2.31. The molecule has 0 unspecified atom stereocenters. The average Bonchev–Trinajstić information content (AvgIpc) is 2.23. The summed E-state index contributed by atoms with van der Waals surface area (Å²) in [7, 11) is 0. The van der Waals surface area contributed by atoms with Crippen LogP contribution in [-0.4, -0.2) is 5.78 Å². The number of hydrogen-bond donors (Lipinski definition) is 0. The van der Waals surface area contributed by atoms with Gasteiger partial charge in [0.2, 0.25) is 0 Å². The highest BCUT2D eigenvalue weighted by molar-refractivity contribution is 6.07. The van der Waals surface area contributed by atoms with Gasteiger partial charge < -0.3 is 0 Å². The third kappa shape index (κ3) is 1.99. The topological polar surface area (TPSA) is 17.1 Å². The second-order valence-corrected chi connectivity index (χ2v) is 3.39. The number of allylic oxidation sites excluding steroid dienone is 3. The van der Waals surface area contributed by atoms with Gasteiger partial charge in [-0.1, -0.05) is 36.4 Å². The van der Waals surface area contributed by atoms with Crippen LogP contribution in [0.1, 0.15) is 18.4 Å². The van der Waals surface area contributed by atoms with Gasteiger partial charge in [-0.25, -0.2) is 0 Å². The predicted molar refractivity (Wildman–Crippen MR) is 57.8 cm³/mol. The van der Waals surface area contributed by atoms with Crippen molar-refractivity contribution in [2.24, 2.45) is 0 Å². The first-order chi connectivity index (χ1) is 6.86. The number of carbonyl (C=O) groups is 1. The largest absolute Gasteiger partial charge is 0.290 e. The van der Waals surface area contributed by atoms with Crippen molar-refractivity contribution < 1.29 is 4.79 Å². The maximum atomic E-state index is 11.4. The van der Waals surface area contributed by atoms with Crippen molar-refractivity contribution in [3.63, 3.8) is 0 Å². The molecular weight excluding hydrogens is 172 g/mol. The van der Waals surface area contributed by atoms with Crippen molar-refractivity contribution in [3.05, 3.63) is 53.6 Å². The van der Waals surface area contributed by atoms with Crippen LogP contribution < -0.4 is 0 Å².